The molecule has 2 N–H and O–H groups in total. The molecule has 3 heterocycles. The molecule has 30 heavy (non-hydrogen) atoms. The largest absolute Gasteiger partial charge is 0.454 e. The molecule has 7 heteroatoms. The summed E-state index contributed by atoms with van der Waals surface area (Å²) >= 11 is 0. The van der Waals surface area contributed by atoms with E-state index in [1.807, 2.05) is 13.1 Å². The SMILES string of the molecule is CCCN1CCC(NC(=NC)NCC2(c3ccc4c(c3)OCO4)CCOCC2)CC1. The van der Waals surface area contributed by atoms with Gasteiger partial charge in [-0.15, -0.1) is 0 Å². The Morgan fingerprint density at radius 2 is 1.93 bits per heavy atom. The summed E-state index contributed by atoms with van der Waals surface area (Å²) < 4.78 is 16.8. The van der Waals surface area contributed by atoms with Crippen LogP contribution < -0.4 is 20.1 Å². The Kier molecular flexibility index (Phi) is 7.00. The Morgan fingerprint density at radius 3 is 2.67 bits per heavy atom. The quantitative estimate of drug-likeness (QED) is 0.549. The lowest BCUT2D eigenvalue weighted by atomic mass is 9.74. The molecule has 2 saturated heterocycles. The van der Waals surface area contributed by atoms with Gasteiger partial charge in [0, 0.05) is 51.4 Å². The van der Waals surface area contributed by atoms with E-state index in [4.69, 9.17) is 14.2 Å². The standard InChI is InChI=1S/C23H36N4O3/c1-3-10-27-11-6-19(7-12-27)26-22(24-2)25-16-23(8-13-28-14-9-23)18-4-5-20-21(15-18)30-17-29-20/h4-5,15,19H,3,6-14,16-17H2,1-2H3,(H2,24,25,26). The summed E-state index contributed by atoms with van der Waals surface area (Å²) in [6.07, 6.45) is 5.52. The zero-order valence-corrected chi connectivity index (χ0v) is 18.4. The zero-order chi connectivity index (χ0) is 20.8. The third-order valence-electron chi connectivity index (χ3n) is 6.72. The van der Waals surface area contributed by atoms with E-state index in [-0.39, 0.29) is 5.41 Å². The summed E-state index contributed by atoms with van der Waals surface area (Å²) in [4.78, 5) is 7.07. The summed E-state index contributed by atoms with van der Waals surface area (Å²) in [6, 6.07) is 6.85. The Morgan fingerprint density at radius 1 is 1.17 bits per heavy atom. The van der Waals surface area contributed by atoms with E-state index in [0.717, 1.165) is 50.1 Å². The molecule has 0 unspecified atom stereocenters. The lowest BCUT2D eigenvalue weighted by Gasteiger charge is -2.39. The predicted molar refractivity (Wildman–Crippen MR) is 119 cm³/mol. The van der Waals surface area contributed by atoms with Crippen LogP contribution in [-0.2, 0) is 10.2 Å². The molecule has 0 radical (unpaired) electrons. The monoisotopic (exact) mass is 416 g/mol. The number of nitrogens with one attached hydrogen (secondary N) is 2. The highest BCUT2D eigenvalue weighted by molar-refractivity contribution is 5.80. The van der Waals surface area contributed by atoms with Crippen molar-refractivity contribution in [3.8, 4) is 11.5 Å². The Hall–Kier alpha value is -1.99. The summed E-state index contributed by atoms with van der Waals surface area (Å²) in [5.41, 5.74) is 1.28. The van der Waals surface area contributed by atoms with Gasteiger partial charge in [0.25, 0.3) is 0 Å². The normalized spacial score (nSPS) is 22.1. The van der Waals surface area contributed by atoms with Gasteiger partial charge in [-0.2, -0.15) is 0 Å². The summed E-state index contributed by atoms with van der Waals surface area (Å²) in [5, 5.41) is 7.28. The topological polar surface area (TPSA) is 67.4 Å². The minimum absolute atomic E-state index is 0.00133. The molecule has 0 aromatic heterocycles. The van der Waals surface area contributed by atoms with Gasteiger partial charge in [0.2, 0.25) is 6.79 Å². The van der Waals surface area contributed by atoms with Crippen LogP contribution in [0.25, 0.3) is 0 Å². The first-order valence-corrected chi connectivity index (χ1v) is 11.4. The first-order valence-electron chi connectivity index (χ1n) is 11.4. The van der Waals surface area contributed by atoms with Gasteiger partial charge >= 0.3 is 0 Å². The second kappa shape index (κ2) is 9.88. The number of hydrogen-bond acceptors (Lipinski definition) is 5. The van der Waals surface area contributed by atoms with Crippen LogP contribution in [0.15, 0.2) is 23.2 Å². The molecule has 0 aliphatic carbocycles. The van der Waals surface area contributed by atoms with Crippen molar-refractivity contribution in [2.24, 2.45) is 4.99 Å². The highest BCUT2D eigenvalue weighted by Crippen LogP contribution is 2.40. The fraction of sp³-hybridized carbons (Fsp3) is 0.696. The zero-order valence-electron chi connectivity index (χ0n) is 18.4. The van der Waals surface area contributed by atoms with E-state index in [9.17, 15) is 0 Å². The molecule has 1 aromatic rings. The molecule has 3 aliphatic rings. The van der Waals surface area contributed by atoms with E-state index in [1.54, 1.807) is 0 Å². The lowest BCUT2D eigenvalue weighted by molar-refractivity contribution is 0.0513. The number of hydrogen-bond donors (Lipinski definition) is 2. The molecule has 0 atom stereocenters. The smallest absolute Gasteiger partial charge is 0.231 e. The molecule has 0 spiro atoms. The van der Waals surface area contributed by atoms with E-state index in [0.29, 0.717) is 12.8 Å². The van der Waals surface area contributed by atoms with Crippen molar-refractivity contribution in [1.29, 1.82) is 0 Å². The third kappa shape index (κ3) is 4.83. The van der Waals surface area contributed by atoms with E-state index in [2.05, 4.69) is 39.6 Å². The van der Waals surface area contributed by atoms with Crippen LogP contribution in [0, 0.1) is 0 Å². The van der Waals surface area contributed by atoms with Crippen molar-refractivity contribution in [3.05, 3.63) is 23.8 Å². The van der Waals surface area contributed by atoms with Crippen LogP contribution >= 0.6 is 0 Å². The first kappa shape index (κ1) is 21.2. The van der Waals surface area contributed by atoms with E-state index in [1.165, 1.54) is 44.5 Å². The number of nitrogens with zero attached hydrogens (tertiary/aromatic N) is 2. The molecule has 0 bridgehead atoms. The summed E-state index contributed by atoms with van der Waals surface area (Å²) in [6.45, 7) is 8.48. The van der Waals surface area contributed by atoms with E-state index < -0.39 is 0 Å². The van der Waals surface area contributed by atoms with Crippen LogP contribution in [0.5, 0.6) is 11.5 Å². The second-order valence-corrected chi connectivity index (χ2v) is 8.65. The molecule has 3 aliphatic heterocycles. The number of fused-ring (bicyclic) bond motifs is 1. The molecule has 0 amide bonds. The number of rotatable bonds is 6. The second-order valence-electron chi connectivity index (χ2n) is 8.65. The van der Waals surface area contributed by atoms with Crippen molar-refractivity contribution in [3.63, 3.8) is 0 Å². The van der Waals surface area contributed by atoms with Gasteiger partial charge in [-0.1, -0.05) is 13.0 Å². The number of guanidine groups is 1. The molecule has 4 rings (SSSR count). The Labute approximate surface area is 180 Å². The maximum Gasteiger partial charge on any atom is 0.231 e. The Bertz CT molecular complexity index is 725. The van der Waals surface area contributed by atoms with Gasteiger partial charge in [0.15, 0.2) is 17.5 Å². The fourth-order valence-corrected chi connectivity index (χ4v) is 4.81. The molecular weight excluding hydrogens is 380 g/mol. The Balaban J connectivity index is 1.39. The molecule has 7 nitrogen and oxygen atoms in total. The first-order chi connectivity index (χ1) is 14.7. The van der Waals surface area contributed by atoms with Crippen molar-refractivity contribution in [2.45, 2.75) is 50.5 Å². The minimum atomic E-state index is 0.00133. The number of aliphatic imine (C=N–C) groups is 1. The van der Waals surface area contributed by atoms with Crippen molar-refractivity contribution >= 4 is 5.96 Å². The lowest BCUT2D eigenvalue weighted by Crippen LogP contribution is -2.52. The average molecular weight is 417 g/mol. The molecular formula is C23H36N4O3. The number of likely N-dealkylation sites (tertiary alicyclic amines) is 1. The van der Waals surface area contributed by atoms with Crippen LogP contribution in [0.2, 0.25) is 0 Å². The molecule has 1 aromatic carbocycles. The summed E-state index contributed by atoms with van der Waals surface area (Å²) in [5.74, 6) is 2.58. The maximum atomic E-state index is 5.69. The average Bonchev–Trinajstić information content (AvgIpc) is 3.26. The van der Waals surface area contributed by atoms with Crippen molar-refractivity contribution < 1.29 is 14.2 Å². The van der Waals surface area contributed by atoms with Gasteiger partial charge in [-0.05, 0) is 56.3 Å². The molecule has 0 saturated carbocycles. The van der Waals surface area contributed by atoms with Crippen molar-refractivity contribution in [2.75, 3.05) is 53.2 Å². The summed E-state index contributed by atoms with van der Waals surface area (Å²) in [7, 11) is 1.86. The van der Waals surface area contributed by atoms with Gasteiger partial charge in [0.1, 0.15) is 0 Å². The van der Waals surface area contributed by atoms with Crippen molar-refractivity contribution in [1.82, 2.24) is 15.5 Å². The number of ether oxygens (including phenoxy) is 3. The third-order valence-corrected chi connectivity index (χ3v) is 6.72. The van der Waals surface area contributed by atoms with Crippen LogP contribution in [-0.4, -0.2) is 70.1 Å². The van der Waals surface area contributed by atoms with Crippen LogP contribution in [0.4, 0.5) is 0 Å². The van der Waals surface area contributed by atoms with Crippen LogP contribution in [0.1, 0.15) is 44.6 Å². The molecule has 166 valence electrons. The van der Waals surface area contributed by atoms with Crippen LogP contribution in [0.3, 0.4) is 0 Å². The van der Waals surface area contributed by atoms with Gasteiger partial charge in [-0.25, -0.2) is 0 Å². The minimum Gasteiger partial charge on any atom is -0.454 e. The van der Waals surface area contributed by atoms with E-state index >= 15 is 0 Å². The van der Waals surface area contributed by atoms with Gasteiger partial charge in [-0.3, -0.25) is 4.99 Å². The predicted octanol–water partition coefficient (Wildman–Crippen LogP) is 2.50. The number of benzene rings is 1. The molecule has 2 fully saturated rings. The maximum absolute atomic E-state index is 5.69. The van der Waals surface area contributed by atoms with Gasteiger partial charge < -0.3 is 29.7 Å². The highest BCUT2D eigenvalue weighted by atomic mass is 16.7. The van der Waals surface area contributed by atoms with Gasteiger partial charge in [0.05, 0.1) is 0 Å². The number of piperidine rings is 1. The highest BCUT2D eigenvalue weighted by Gasteiger charge is 2.36. The fourth-order valence-electron chi connectivity index (χ4n) is 4.81.